The van der Waals surface area contributed by atoms with Gasteiger partial charge in [-0.15, -0.1) is 0 Å². The number of benzene rings is 1. The second kappa shape index (κ2) is 9.17. The van der Waals surface area contributed by atoms with Gasteiger partial charge in [0.1, 0.15) is 5.69 Å². The van der Waals surface area contributed by atoms with Gasteiger partial charge in [0.2, 0.25) is 5.95 Å². The Morgan fingerprint density at radius 1 is 1.18 bits per heavy atom. The molecule has 7 nitrogen and oxygen atoms in total. The Bertz CT molecular complexity index is 1200. The molecule has 3 aromatic rings. The van der Waals surface area contributed by atoms with Crippen molar-refractivity contribution in [3.63, 3.8) is 0 Å². The fraction of sp³-hybridized carbons (Fsp3) is 0.500. The topological polar surface area (TPSA) is 100 Å². The minimum Gasteiger partial charge on any atom is -0.389 e. The van der Waals surface area contributed by atoms with Gasteiger partial charge in [0.15, 0.2) is 5.82 Å². The van der Waals surface area contributed by atoms with Gasteiger partial charge in [0.25, 0.3) is 0 Å². The average molecular weight is 467 g/mol. The van der Waals surface area contributed by atoms with Gasteiger partial charge in [-0.05, 0) is 42.9 Å². The molecule has 0 bridgehead atoms. The molecule has 0 unspecified atom stereocenters. The van der Waals surface area contributed by atoms with Crippen LogP contribution in [0.4, 0.5) is 10.3 Å². The molecule has 0 spiro atoms. The lowest BCUT2D eigenvalue weighted by molar-refractivity contribution is -0.0136. The van der Waals surface area contributed by atoms with Crippen LogP contribution in [0.3, 0.4) is 0 Å². The zero-order valence-corrected chi connectivity index (χ0v) is 19.6. The lowest BCUT2D eigenvalue weighted by Gasteiger charge is -2.28. The van der Waals surface area contributed by atoms with Crippen LogP contribution in [0, 0.1) is 5.82 Å². The molecule has 2 atom stereocenters. The van der Waals surface area contributed by atoms with E-state index >= 15 is 0 Å². The number of nitrogens with one attached hydrogen (secondary N) is 1. The molecule has 8 heteroatoms. The Hall–Kier alpha value is -2.68. The van der Waals surface area contributed by atoms with Crippen LogP contribution in [0.15, 0.2) is 30.6 Å². The van der Waals surface area contributed by atoms with Crippen LogP contribution in [0.2, 0.25) is 0 Å². The largest absolute Gasteiger partial charge is 0.389 e. The maximum atomic E-state index is 14.9. The molecule has 1 aliphatic carbocycles. The van der Waals surface area contributed by atoms with Crippen LogP contribution < -0.4 is 5.32 Å². The number of aromatic nitrogens is 3. The van der Waals surface area contributed by atoms with Crippen molar-refractivity contribution in [1.82, 2.24) is 15.0 Å². The molecular formula is C26H31FN4O3. The van der Waals surface area contributed by atoms with Crippen molar-refractivity contribution >= 4 is 16.9 Å². The summed E-state index contributed by atoms with van der Waals surface area (Å²) in [4.78, 5) is 13.2. The van der Waals surface area contributed by atoms with Gasteiger partial charge >= 0.3 is 0 Å². The molecule has 2 aliphatic rings. The highest BCUT2D eigenvalue weighted by atomic mass is 19.1. The highest BCUT2D eigenvalue weighted by molar-refractivity contribution is 5.88. The standard InChI is InChI=1S/C26H31FN4O3/c1-15(2)23-17-11-16(5-6-20(17)28-12-18(23)26(33)8-3-4-9-26)24-19(27)13-29-25(31-24)30-21-7-10-34-14-22(21)32/h5-6,11-13,15,21-22,32-33H,3-4,7-10,14H2,1-2H3,(H,29,30,31)/t21-,22-/m1/s1. The second-order valence-corrected chi connectivity index (χ2v) is 9.78. The quantitative estimate of drug-likeness (QED) is 0.516. The molecule has 0 amide bonds. The van der Waals surface area contributed by atoms with E-state index in [0.717, 1.165) is 53.9 Å². The van der Waals surface area contributed by atoms with E-state index in [0.29, 0.717) is 18.6 Å². The van der Waals surface area contributed by atoms with Gasteiger partial charge in [-0.2, -0.15) is 0 Å². The minimum absolute atomic E-state index is 0.155. The molecular weight excluding hydrogens is 435 g/mol. The Labute approximate surface area is 198 Å². The van der Waals surface area contributed by atoms with E-state index in [9.17, 15) is 14.6 Å². The monoisotopic (exact) mass is 466 g/mol. The number of rotatable bonds is 5. The molecule has 5 rings (SSSR count). The summed E-state index contributed by atoms with van der Waals surface area (Å²) < 4.78 is 20.2. The van der Waals surface area contributed by atoms with E-state index in [1.807, 2.05) is 24.4 Å². The van der Waals surface area contributed by atoms with E-state index in [2.05, 4.69) is 34.1 Å². The van der Waals surface area contributed by atoms with Gasteiger partial charge in [-0.25, -0.2) is 14.4 Å². The van der Waals surface area contributed by atoms with Crippen molar-refractivity contribution in [2.75, 3.05) is 18.5 Å². The van der Waals surface area contributed by atoms with Crippen molar-refractivity contribution < 1.29 is 19.3 Å². The van der Waals surface area contributed by atoms with Crippen LogP contribution in [0.1, 0.15) is 63.0 Å². The van der Waals surface area contributed by atoms with Crippen molar-refractivity contribution in [2.24, 2.45) is 0 Å². The van der Waals surface area contributed by atoms with E-state index in [1.165, 1.54) is 0 Å². The van der Waals surface area contributed by atoms with Crippen LogP contribution in [-0.2, 0) is 10.3 Å². The van der Waals surface area contributed by atoms with Gasteiger partial charge in [0, 0.05) is 29.3 Å². The van der Waals surface area contributed by atoms with Crippen LogP contribution in [0.5, 0.6) is 0 Å². The molecule has 34 heavy (non-hydrogen) atoms. The van der Waals surface area contributed by atoms with Gasteiger partial charge in [-0.3, -0.25) is 4.98 Å². The second-order valence-electron chi connectivity index (χ2n) is 9.78. The first-order valence-electron chi connectivity index (χ1n) is 12.1. The summed E-state index contributed by atoms with van der Waals surface area (Å²) in [6.07, 6.45) is 6.36. The van der Waals surface area contributed by atoms with E-state index in [4.69, 9.17) is 4.74 Å². The van der Waals surface area contributed by atoms with Gasteiger partial charge < -0.3 is 20.3 Å². The Kier molecular flexibility index (Phi) is 6.22. The molecule has 1 saturated heterocycles. The van der Waals surface area contributed by atoms with Crippen molar-refractivity contribution in [3.05, 3.63) is 47.5 Å². The number of aliphatic hydroxyl groups is 2. The first kappa shape index (κ1) is 23.1. The predicted molar refractivity (Wildman–Crippen MR) is 128 cm³/mol. The average Bonchev–Trinajstić information content (AvgIpc) is 3.28. The third-order valence-corrected chi connectivity index (χ3v) is 7.08. The summed E-state index contributed by atoms with van der Waals surface area (Å²) in [5.74, 6) is -0.108. The summed E-state index contributed by atoms with van der Waals surface area (Å²) in [6, 6.07) is 5.34. The van der Waals surface area contributed by atoms with E-state index < -0.39 is 17.5 Å². The van der Waals surface area contributed by atoms with Crippen molar-refractivity contribution in [1.29, 1.82) is 0 Å². The fourth-order valence-electron chi connectivity index (χ4n) is 5.28. The molecule has 2 aromatic heterocycles. The zero-order chi connectivity index (χ0) is 23.9. The van der Waals surface area contributed by atoms with Crippen LogP contribution >= 0.6 is 0 Å². The number of aliphatic hydroxyl groups excluding tert-OH is 1. The predicted octanol–water partition coefficient (Wildman–Crippen LogP) is 4.28. The number of anilines is 1. The zero-order valence-electron chi connectivity index (χ0n) is 19.6. The number of fused-ring (bicyclic) bond motifs is 1. The van der Waals surface area contributed by atoms with E-state index in [1.54, 1.807) is 0 Å². The third kappa shape index (κ3) is 4.26. The molecule has 2 fully saturated rings. The van der Waals surface area contributed by atoms with Crippen molar-refractivity contribution in [2.45, 2.75) is 69.6 Å². The highest BCUT2D eigenvalue weighted by Crippen LogP contribution is 2.43. The summed E-state index contributed by atoms with van der Waals surface area (Å²) in [7, 11) is 0. The first-order valence-corrected chi connectivity index (χ1v) is 12.1. The number of nitrogens with zero attached hydrogens (tertiary/aromatic N) is 3. The van der Waals surface area contributed by atoms with Gasteiger partial charge in [0.05, 0.1) is 36.1 Å². The summed E-state index contributed by atoms with van der Waals surface area (Å²) in [5, 5.41) is 25.5. The third-order valence-electron chi connectivity index (χ3n) is 7.08. The lowest BCUT2D eigenvalue weighted by atomic mass is 9.83. The minimum atomic E-state index is -0.862. The maximum Gasteiger partial charge on any atom is 0.223 e. The SMILES string of the molecule is CC(C)c1c(C2(O)CCCC2)cnc2ccc(-c3nc(N[C@@H]4CCOC[C@H]4O)ncc3F)cc12. The number of hydrogen-bond acceptors (Lipinski definition) is 7. The van der Waals surface area contributed by atoms with Crippen LogP contribution in [0.25, 0.3) is 22.2 Å². The smallest absolute Gasteiger partial charge is 0.223 e. The molecule has 1 aliphatic heterocycles. The number of ether oxygens (including phenoxy) is 1. The molecule has 1 aromatic carbocycles. The fourth-order valence-corrected chi connectivity index (χ4v) is 5.28. The Morgan fingerprint density at radius 3 is 2.71 bits per heavy atom. The lowest BCUT2D eigenvalue weighted by Crippen LogP contribution is -2.42. The number of pyridine rings is 1. The normalized spacial score (nSPS) is 22.4. The Balaban J connectivity index is 1.57. The first-order chi connectivity index (χ1) is 16.4. The maximum absolute atomic E-state index is 14.9. The Morgan fingerprint density at radius 2 is 1.97 bits per heavy atom. The summed E-state index contributed by atoms with van der Waals surface area (Å²) in [6.45, 7) is 4.99. The molecule has 1 saturated carbocycles. The van der Waals surface area contributed by atoms with Crippen LogP contribution in [-0.4, -0.2) is 50.5 Å². The molecule has 3 N–H and O–H groups in total. The number of hydrogen-bond donors (Lipinski definition) is 3. The van der Waals surface area contributed by atoms with Gasteiger partial charge in [-0.1, -0.05) is 32.8 Å². The van der Waals surface area contributed by atoms with Crippen molar-refractivity contribution in [3.8, 4) is 11.3 Å². The highest BCUT2D eigenvalue weighted by Gasteiger charge is 2.36. The van der Waals surface area contributed by atoms with E-state index in [-0.39, 0.29) is 30.2 Å². The molecule has 3 heterocycles. The summed E-state index contributed by atoms with van der Waals surface area (Å²) >= 11 is 0. The molecule has 180 valence electrons. The number of halogens is 1. The summed E-state index contributed by atoms with van der Waals surface area (Å²) in [5.41, 5.74) is 2.66. The molecule has 0 radical (unpaired) electrons.